The molecule has 1 aliphatic heterocycles. The van der Waals surface area contributed by atoms with Crippen LogP contribution in [0.4, 0.5) is 5.82 Å². The highest BCUT2D eigenvalue weighted by Crippen LogP contribution is 2.23. The van der Waals surface area contributed by atoms with Crippen LogP contribution in [0.5, 0.6) is 0 Å². The van der Waals surface area contributed by atoms with Crippen LogP contribution in [0.15, 0.2) is 66.9 Å². The molecular weight excluding hydrogens is 414 g/mol. The molecule has 0 saturated heterocycles. The number of anilines is 1. The number of fused-ring (bicyclic) bond motifs is 1. The molecule has 7 nitrogen and oxygen atoms in total. The summed E-state index contributed by atoms with van der Waals surface area (Å²) in [6.45, 7) is 4.80. The number of likely N-dealkylation sites (N-methyl/N-ethyl adjacent to an activating group) is 1. The van der Waals surface area contributed by atoms with Gasteiger partial charge in [-0.15, -0.1) is 0 Å². The van der Waals surface area contributed by atoms with E-state index < -0.39 is 0 Å². The van der Waals surface area contributed by atoms with Gasteiger partial charge < -0.3 is 10.2 Å². The minimum Gasteiger partial charge on any atom is -0.348 e. The van der Waals surface area contributed by atoms with E-state index in [0.29, 0.717) is 25.1 Å². The number of nitrogens with zero attached hydrogens (tertiary/aromatic N) is 4. The smallest absolute Gasteiger partial charge is 0.251 e. The highest BCUT2D eigenvalue weighted by molar-refractivity contribution is 5.95. The van der Waals surface area contributed by atoms with Crippen LogP contribution in [0.2, 0.25) is 0 Å². The Kier molecular flexibility index (Phi) is 7.19. The molecule has 0 radical (unpaired) electrons. The van der Waals surface area contributed by atoms with Crippen molar-refractivity contribution in [1.82, 2.24) is 20.0 Å². The summed E-state index contributed by atoms with van der Waals surface area (Å²) in [6.07, 6.45) is 3.02. The van der Waals surface area contributed by atoms with E-state index in [9.17, 15) is 9.59 Å². The lowest BCUT2D eigenvalue weighted by Crippen LogP contribution is -2.42. The van der Waals surface area contributed by atoms with Crippen LogP contribution in [-0.4, -0.2) is 46.1 Å². The topological polar surface area (TPSA) is 70.5 Å². The van der Waals surface area contributed by atoms with Crippen molar-refractivity contribution >= 4 is 17.6 Å². The Morgan fingerprint density at radius 3 is 2.58 bits per heavy atom. The molecule has 0 bridgehead atoms. The van der Waals surface area contributed by atoms with Gasteiger partial charge in [0.1, 0.15) is 5.82 Å². The van der Waals surface area contributed by atoms with Gasteiger partial charge in [0.25, 0.3) is 5.91 Å². The van der Waals surface area contributed by atoms with E-state index in [1.54, 1.807) is 11.1 Å². The van der Waals surface area contributed by atoms with Crippen LogP contribution in [-0.2, 0) is 24.4 Å². The Morgan fingerprint density at radius 2 is 1.85 bits per heavy atom. The molecule has 2 amide bonds. The second-order valence-electron chi connectivity index (χ2n) is 8.60. The van der Waals surface area contributed by atoms with Crippen molar-refractivity contribution in [2.45, 2.75) is 45.4 Å². The lowest BCUT2D eigenvalue weighted by molar-refractivity contribution is -0.119. The van der Waals surface area contributed by atoms with Crippen LogP contribution < -0.4 is 10.2 Å². The number of benzene rings is 2. The van der Waals surface area contributed by atoms with Gasteiger partial charge in [-0.3, -0.25) is 14.5 Å². The van der Waals surface area contributed by atoms with E-state index in [2.05, 4.69) is 41.4 Å². The van der Waals surface area contributed by atoms with E-state index in [4.69, 9.17) is 0 Å². The van der Waals surface area contributed by atoms with Gasteiger partial charge in [0, 0.05) is 37.2 Å². The predicted octanol–water partition coefficient (Wildman–Crippen LogP) is 3.46. The van der Waals surface area contributed by atoms with Crippen molar-refractivity contribution in [2.75, 3.05) is 18.5 Å². The van der Waals surface area contributed by atoms with Crippen molar-refractivity contribution in [3.63, 3.8) is 0 Å². The normalized spacial score (nSPS) is 14.3. The molecule has 172 valence electrons. The molecular formula is C26H31N5O2. The summed E-state index contributed by atoms with van der Waals surface area (Å²) in [5.41, 5.74) is 2.86. The van der Waals surface area contributed by atoms with Crippen molar-refractivity contribution in [3.8, 4) is 0 Å². The molecule has 1 aliphatic rings. The summed E-state index contributed by atoms with van der Waals surface area (Å²) in [4.78, 5) is 29.2. The lowest BCUT2D eigenvalue weighted by atomic mass is 10.1. The summed E-state index contributed by atoms with van der Waals surface area (Å²) in [6, 6.07) is 19.8. The van der Waals surface area contributed by atoms with E-state index in [1.165, 1.54) is 5.56 Å². The largest absolute Gasteiger partial charge is 0.348 e. The standard InChI is InChI=1S/C26H31N5O2/c1-3-23(19-29(2)17-20-7-5-4-6-8-20)28-26(33)22-11-9-21(10-12-22)18-30-24-13-15-27-31(24)16-14-25(30)32/h4-13,15,23H,3,14,16-19H2,1-2H3,(H,28,33). The van der Waals surface area contributed by atoms with Gasteiger partial charge in [0.15, 0.2) is 0 Å². The van der Waals surface area contributed by atoms with E-state index >= 15 is 0 Å². The van der Waals surface area contributed by atoms with Gasteiger partial charge >= 0.3 is 0 Å². The third-order valence-corrected chi connectivity index (χ3v) is 6.02. The summed E-state index contributed by atoms with van der Waals surface area (Å²) >= 11 is 0. The molecule has 1 atom stereocenters. The molecule has 7 heteroatoms. The molecule has 1 aromatic heterocycles. The molecule has 4 rings (SSSR count). The number of hydrogen-bond donors (Lipinski definition) is 1. The number of rotatable bonds is 9. The second-order valence-corrected chi connectivity index (χ2v) is 8.60. The zero-order chi connectivity index (χ0) is 23.2. The molecule has 0 spiro atoms. The van der Waals surface area contributed by atoms with Gasteiger partial charge in [-0.2, -0.15) is 5.10 Å². The molecule has 1 N–H and O–H groups in total. The van der Waals surface area contributed by atoms with Gasteiger partial charge in [0.2, 0.25) is 5.91 Å². The average Bonchev–Trinajstić information content (AvgIpc) is 3.30. The maximum Gasteiger partial charge on any atom is 0.251 e. The number of hydrogen-bond acceptors (Lipinski definition) is 4. The van der Waals surface area contributed by atoms with Crippen LogP contribution >= 0.6 is 0 Å². The SMILES string of the molecule is CCC(CN(C)Cc1ccccc1)NC(=O)c1ccc(CN2C(=O)CCn3nccc32)cc1. The van der Waals surface area contributed by atoms with Crippen molar-refractivity contribution in [1.29, 1.82) is 0 Å². The average molecular weight is 446 g/mol. The zero-order valence-electron chi connectivity index (χ0n) is 19.3. The Hall–Kier alpha value is -3.45. The molecule has 2 heterocycles. The third-order valence-electron chi connectivity index (χ3n) is 6.02. The zero-order valence-corrected chi connectivity index (χ0v) is 19.3. The lowest BCUT2D eigenvalue weighted by Gasteiger charge is -2.27. The Morgan fingerprint density at radius 1 is 1.09 bits per heavy atom. The molecule has 1 unspecified atom stereocenters. The van der Waals surface area contributed by atoms with Gasteiger partial charge in [-0.05, 0) is 36.7 Å². The first kappa shape index (κ1) is 22.7. The number of amides is 2. The summed E-state index contributed by atoms with van der Waals surface area (Å²) < 4.78 is 1.85. The fourth-order valence-corrected chi connectivity index (χ4v) is 4.19. The summed E-state index contributed by atoms with van der Waals surface area (Å²) in [7, 11) is 2.07. The summed E-state index contributed by atoms with van der Waals surface area (Å²) in [5, 5.41) is 7.43. The molecule has 0 fully saturated rings. The van der Waals surface area contributed by atoms with Crippen molar-refractivity contribution in [2.24, 2.45) is 0 Å². The molecule has 0 aliphatic carbocycles. The molecule has 33 heavy (non-hydrogen) atoms. The van der Waals surface area contributed by atoms with Crippen LogP contribution in [0.3, 0.4) is 0 Å². The Bertz CT molecular complexity index is 1080. The number of aryl methyl sites for hydroxylation is 1. The Labute approximate surface area is 195 Å². The van der Waals surface area contributed by atoms with E-state index in [-0.39, 0.29) is 17.9 Å². The first-order valence-corrected chi connectivity index (χ1v) is 11.5. The minimum atomic E-state index is -0.0753. The number of carbonyl (C=O) groups is 2. The number of nitrogens with one attached hydrogen (secondary N) is 1. The molecule has 3 aromatic rings. The van der Waals surface area contributed by atoms with E-state index in [0.717, 1.165) is 30.9 Å². The second kappa shape index (κ2) is 10.4. The number of carbonyl (C=O) groups excluding carboxylic acids is 2. The highest BCUT2D eigenvalue weighted by atomic mass is 16.2. The van der Waals surface area contributed by atoms with Crippen molar-refractivity contribution < 1.29 is 9.59 Å². The van der Waals surface area contributed by atoms with Crippen LogP contribution in [0, 0.1) is 0 Å². The van der Waals surface area contributed by atoms with Crippen LogP contribution in [0.1, 0.15) is 41.3 Å². The highest BCUT2D eigenvalue weighted by Gasteiger charge is 2.24. The third kappa shape index (κ3) is 5.68. The Balaban J connectivity index is 1.33. The fraction of sp³-hybridized carbons (Fsp3) is 0.346. The fourth-order valence-electron chi connectivity index (χ4n) is 4.19. The minimum absolute atomic E-state index is 0.0668. The molecule has 0 saturated carbocycles. The van der Waals surface area contributed by atoms with Crippen molar-refractivity contribution in [3.05, 3.63) is 83.6 Å². The molecule has 2 aromatic carbocycles. The van der Waals surface area contributed by atoms with Gasteiger partial charge in [0.05, 0.1) is 19.3 Å². The van der Waals surface area contributed by atoms with Gasteiger partial charge in [-0.25, -0.2) is 4.68 Å². The predicted molar refractivity (Wildman–Crippen MR) is 129 cm³/mol. The quantitative estimate of drug-likeness (QED) is 0.548. The maximum absolute atomic E-state index is 12.8. The van der Waals surface area contributed by atoms with E-state index in [1.807, 2.05) is 53.2 Å². The van der Waals surface area contributed by atoms with Crippen LogP contribution in [0.25, 0.3) is 0 Å². The van der Waals surface area contributed by atoms with Gasteiger partial charge in [-0.1, -0.05) is 49.4 Å². The monoisotopic (exact) mass is 445 g/mol. The number of aromatic nitrogens is 2. The first-order valence-electron chi connectivity index (χ1n) is 11.5. The first-order chi connectivity index (χ1) is 16.0. The summed E-state index contributed by atoms with van der Waals surface area (Å²) in [5.74, 6) is 0.836. The maximum atomic E-state index is 12.8.